The molecule has 3 heterocycles. The minimum absolute atomic E-state index is 0.174. The summed E-state index contributed by atoms with van der Waals surface area (Å²) in [5.74, 6) is 0.174. The van der Waals surface area contributed by atoms with Crippen LogP contribution >= 0.6 is 11.3 Å². The minimum Gasteiger partial charge on any atom is -0.378 e. The van der Waals surface area contributed by atoms with Gasteiger partial charge in [-0.2, -0.15) is 0 Å². The lowest BCUT2D eigenvalue weighted by molar-refractivity contribution is 0.0600. The predicted octanol–water partition coefficient (Wildman–Crippen LogP) is 3.48. The maximum atomic E-state index is 12.8. The van der Waals surface area contributed by atoms with Gasteiger partial charge < -0.3 is 9.80 Å². The van der Waals surface area contributed by atoms with Gasteiger partial charge >= 0.3 is 0 Å². The van der Waals surface area contributed by atoms with Gasteiger partial charge in [-0.25, -0.2) is 0 Å². The number of anilines is 1. The third-order valence-electron chi connectivity index (χ3n) is 5.74. The average molecular weight is 370 g/mol. The Kier molecular flexibility index (Phi) is 5.00. The molecule has 0 radical (unpaired) electrons. The number of piperidine rings is 1. The molecule has 5 heteroatoms. The number of carbonyl (C=O) groups is 1. The second-order valence-corrected chi connectivity index (χ2v) is 8.55. The number of carbonyl (C=O) groups excluding carboxylic acids is 1. The van der Waals surface area contributed by atoms with E-state index in [1.54, 1.807) is 4.88 Å². The van der Waals surface area contributed by atoms with Gasteiger partial charge in [0.2, 0.25) is 0 Å². The quantitative estimate of drug-likeness (QED) is 0.829. The Bertz CT molecular complexity index is 760. The summed E-state index contributed by atoms with van der Waals surface area (Å²) in [6, 6.07) is 10.8. The van der Waals surface area contributed by atoms with E-state index in [2.05, 4.69) is 21.2 Å². The maximum absolute atomic E-state index is 12.8. The smallest absolute Gasteiger partial charge is 0.253 e. The Morgan fingerprint density at radius 2 is 1.81 bits per heavy atom. The molecule has 0 spiro atoms. The molecular formula is C21H27N3OS. The van der Waals surface area contributed by atoms with Gasteiger partial charge in [0.05, 0.1) is 0 Å². The first-order chi connectivity index (χ1) is 12.6. The Morgan fingerprint density at radius 3 is 2.50 bits per heavy atom. The summed E-state index contributed by atoms with van der Waals surface area (Å²) < 4.78 is 0. The predicted molar refractivity (Wildman–Crippen MR) is 108 cm³/mol. The van der Waals surface area contributed by atoms with Gasteiger partial charge in [-0.05, 0) is 60.5 Å². The number of rotatable bonds is 3. The zero-order valence-electron chi connectivity index (χ0n) is 15.6. The van der Waals surface area contributed by atoms with Crippen molar-refractivity contribution in [2.45, 2.75) is 31.8 Å². The summed E-state index contributed by atoms with van der Waals surface area (Å²) in [5.41, 5.74) is 3.44. The molecule has 0 saturated carbocycles. The van der Waals surface area contributed by atoms with Crippen LogP contribution in [0.5, 0.6) is 0 Å². The van der Waals surface area contributed by atoms with E-state index in [4.69, 9.17) is 0 Å². The highest BCUT2D eigenvalue weighted by atomic mass is 32.1. The van der Waals surface area contributed by atoms with Gasteiger partial charge in [0.1, 0.15) is 0 Å². The van der Waals surface area contributed by atoms with E-state index >= 15 is 0 Å². The normalized spacial score (nSPS) is 18.6. The van der Waals surface area contributed by atoms with E-state index < -0.39 is 0 Å². The number of likely N-dealkylation sites (tertiary alicyclic amines) is 1. The van der Waals surface area contributed by atoms with Crippen LogP contribution in [0.25, 0.3) is 0 Å². The number of hydrogen-bond donors (Lipinski definition) is 0. The van der Waals surface area contributed by atoms with Crippen molar-refractivity contribution < 1.29 is 4.79 Å². The second kappa shape index (κ2) is 7.41. The van der Waals surface area contributed by atoms with Crippen molar-refractivity contribution in [2.75, 3.05) is 38.6 Å². The van der Waals surface area contributed by atoms with E-state index in [1.165, 1.54) is 12.0 Å². The summed E-state index contributed by atoms with van der Waals surface area (Å²) in [6.45, 7) is 3.99. The number of amides is 1. The first-order valence-corrected chi connectivity index (χ1v) is 10.4. The Balaban J connectivity index is 1.34. The monoisotopic (exact) mass is 369 g/mol. The lowest BCUT2D eigenvalue weighted by Crippen LogP contribution is -2.47. The fourth-order valence-electron chi connectivity index (χ4n) is 4.10. The van der Waals surface area contributed by atoms with Crippen molar-refractivity contribution in [3.63, 3.8) is 0 Å². The molecule has 1 fully saturated rings. The van der Waals surface area contributed by atoms with Gasteiger partial charge in [0.25, 0.3) is 5.91 Å². The van der Waals surface area contributed by atoms with Crippen molar-refractivity contribution in [2.24, 2.45) is 0 Å². The minimum atomic E-state index is 0.174. The molecule has 2 aliphatic rings. The SMILES string of the molecule is CN(C)c1ccc(C(=O)N2CCC(N3CCc4sccc4C3)CC2)cc1. The van der Waals surface area contributed by atoms with Crippen LogP contribution in [0.4, 0.5) is 5.69 Å². The molecule has 4 nitrogen and oxygen atoms in total. The number of thiophene rings is 1. The maximum Gasteiger partial charge on any atom is 0.253 e. The van der Waals surface area contributed by atoms with Crippen LogP contribution in [-0.2, 0) is 13.0 Å². The van der Waals surface area contributed by atoms with Gasteiger partial charge in [-0.3, -0.25) is 9.69 Å². The van der Waals surface area contributed by atoms with Crippen molar-refractivity contribution >= 4 is 22.9 Å². The van der Waals surface area contributed by atoms with Crippen LogP contribution in [0, 0.1) is 0 Å². The zero-order chi connectivity index (χ0) is 18.1. The molecule has 1 saturated heterocycles. The van der Waals surface area contributed by atoms with Gasteiger partial charge in [0.15, 0.2) is 0 Å². The lowest BCUT2D eigenvalue weighted by Gasteiger charge is -2.40. The highest BCUT2D eigenvalue weighted by molar-refractivity contribution is 7.10. The molecule has 1 aromatic heterocycles. The second-order valence-electron chi connectivity index (χ2n) is 7.55. The van der Waals surface area contributed by atoms with Crippen LogP contribution in [0.2, 0.25) is 0 Å². The molecule has 2 aliphatic heterocycles. The standard InChI is InChI=1S/C21H27N3OS/c1-22(2)18-5-3-16(4-6-18)21(25)23-11-7-19(8-12-23)24-13-9-20-17(15-24)10-14-26-20/h3-6,10,14,19H,7-9,11-13,15H2,1-2H3. The number of hydrogen-bond acceptors (Lipinski definition) is 4. The van der Waals surface area contributed by atoms with Gasteiger partial charge in [0, 0.05) is 62.4 Å². The van der Waals surface area contributed by atoms with E-state index in [9.17, 15) is 4.79 Å². The highest BCUT2D eigenvalue weighted by Crippen LogP contribution is 2.28. The van der Waals surface area contributed by atoms with Crippen LogP contribution in [-0.4, -0.2) is 55.5 Å². The number of benzene rings is 1. The molecule has 2 aromatic rings. The largest absolute Gasteiger partial charge is 0.378 e. The Morgan fingerprint density at radius 1 is 1.08 bits per heavy atom. The summed E-state index contributed by atoms with van der Waals surface area (Å²) in [7, 11) is 4.03. The van der Waals surface area contributed by atoms with Crippen LogP contribution in [0.15, 0.2) is 35.7 Å². The zero-order valence-corrected chi connectivity index (χ0v) is 16.5. The van der Waals surface area contributed by atoms with E-state index in [-0.39, 0.29) is 5.91 Å². The van der Waals surface area contributed by atoms with Crippen molar-refractivity contribution in [3.8, 4) is 0 Å². The number of nitrogens with zero attached hydrogens (tertiary/aromatic N) is 3. The van der Waals surface area contributed by atoms with E-state index in [1.807, 2.05) is 54.6 Å². The fraction of sp³-hybridized carbons (Fsp3) is 0.476. The first-order valence-electron chi connectivity index (χ1n) is 9.48. The van der Waals surface area contributed by atoms with Gasteiger partial charge in [-0.15, -0.1) is 11.3 Å². The van der Waals surface area contributed by atoms with Crippen LogP contribution in [0.3, 0.4) is 0 Å². The fourth-order valence-corrected chi connectivity index (χ4v) is 4.99. The van der Waals surface area contributed by atoms with Gasteiger partial charge in [-0.1, -0.05) is 0 Å². The molecule has 0 aliphatic carbocycles. The van der Waals surface area contributed by atoms with Crippen molar-refractivity contribution in [1.82, 2.24) is 9.80 Å². The van der Waals surface area contributed by atoms with E-state index in [0.717, 1.165) is 50.3 Å². The van der Waals surface area contributed by atoms with Crippen molar-refractivity contribution in [3.05, 3.63) is 51.7 Å². The third-order valence-corrected chi connectivity index (χ3v) is 6.76. The van der Waals surface area contributed by atoms with E-state index in [0.29, 0.717) is 6.04 Å². The van der Waals surface area contributed by atoms with Crippen LogP contribution < -0.4 is 4.90 Å². The number of fused-ring (bicyclic) bond motifs is 1. The molecule has 0 atom stereocenters. The molecule has 1 aromatic carbocycles. The molecule has 1 amide bonds. The summed E-state index contributed by atoms with van der Waals surface area (Å²) in [5, 5.41) is 2.22. The third kappa shape index (κ3) is 3.51. The first kappa shape index (κ1) is 17.6. The lowest BCUT2D eigenvalue weighted by atomic mass is 9.99. The summed E-state index contributed by atoms with van der Waals surface area (Å²) in [4.78, 5) is 21.1. The molecule has 4 rings (SSSR count). The Hall–Kier alpha value is -1.85. The molecule has 0 bridgehead atoms. The molecular weight excluding hydrogens is 342 g/mol. The summed E-state index contributed by atoms with van der Waals surface area (Å²) >= 11 is 1.90. The molecule has 0 unspecified atom stereocenters. The van der Waals surface area contributed by atoms with Crippen LogP contribution in [0.1, 0.15) is 33.6 Å². The summed E-state index contributed by atoms with van der Waals surface area (Å²) in [6.07, 6.45) is 3.35. The molecule has 26 heavy (non-hydrogen) atoms. The Labute approximate surface area is 160 Å². The highest BCUT2D eigenvalue weighted by Gasteiger charge is 2.29. The topological polar surface area (TPSA) is 26.8 Å². The molecule has 0 N–H and O–H groups in total. The average Bonchev–Trinajstić information content (AvgIpc) is 3.15. The van der Waals surface area contributed by atoms with Crippen molar-refractivity contribution in [1.29, 1.82) is 0 Å². The molecule has 138 valence electrons.